The Morgan fingerprint density at radius 2 is 1.88 bits per heavy atom. The smallest absolute Gasteiger partial charge is 0.224 e. The van der Waals surface area contributed by atoms with Crippen LogP contribution in [0.25, 0.3) is 11.3 Å². The molecule has 0 atom stereocenters. The van der Waals surface area contributed by atoms with Gasteiger partial charge in [-0.15, -0.1) is 11.3 Å². The summed E-state index contributed by atoms with van der Waals surface area (Å²) in [5.74, 6) is 0.745. The molecule has 0 aliphatic rings. The number of amides is 1. The fourth-order valence-electron chi connectivity index (χ4n) is 2.31. The second-order valence-corrected chi connectivity index (χ2v) is 6.81. The van der Waals surface area contributed by atoms with Gasteiger partial charge in [-0.1, -0.05) is 35.9 Å². The van der Waals surface area contributed by atoms with E-state index in [1.54, 1.807) is 7.11 Å². The van der Waals surface area contributed by atoms with Crippen LogP contribution >= 0.6 is 22.9 Å². The minimum Gasteiger partial charge on any atom is -0.497 e. The zero-order valence-electron chi connectivity index (χ0n) is 13.7. The number of ether oxygens (including phenoxy) is 1. The molecule has 0 aliphatic heterocycles. The number of halogens is 1. The minimum absolute atomic E-state index is 0.0339. The van der Waals surface area contributed by atoms with Crippen LogP contribution in [0.4, 0.5) is 0 Å². The second-order valence-electron chi connectivity index (χ2n) is 5.43. The molecule has 2 aromatic carbocycles. The summed E-state index contributed by atoms with van der Waals surface area (Å²) in [6, 6.07) is 15.0. The third-order valence-corrected chi connectivity index (χ3v) is 4.75. The number of carbonyl (C=O) groups excluding carboxylic acids is 1. The summed E-state index contributed by atoms with van der Waals surface area (Å²) in [4.78, 5) is 16.6. The van der Waals surface area contributed by atoms with Gasteiger partial charge in [-0.25, -0.2) is 4.98 Å². The van der Waals surface area contributed by atoms with Gasteiger partial charge in [0.1, 0.15) is 10.8 Å². The van der Waals surface area contributed by atoms with Gasteiger partial charge in [0.2, 0.25) is 5.91 Å². The van der Waals surface area contributed by atoms with Gasteiger partial charge in [0.25, 0.3) is 0 Å². The van der Waals surface area contributed by atoms with Gasteiger partial charge in [0, 0.05) is 16.0 Å². The van der Waals surface area contributed by atoms with Gasteiger partial charge in [-0.3, -0.25) is 4.79 Å². The molecule has 1 heterocycles. The molecule has 3 aromatic rings. The molecule has 1 amide bonds. The molecule has 0 radical (unpaired) electrons. The molecular weight excluding hydrogens is 356 g/mol. The molecular formula is C19H17ClN2O2S. The van der Waals surface area contributed by atoms with Crippen LogP contribution in [0.1, 0.15) is 10.6 Å². The van der Waals surface area contributed by atoms with Crippen LogP contribution in [-0.4, -0.2) is 18.0 Å². The molecule has 0 spiro atoms. The standard InChI is InChI=1S/C19H17ClN2O2S/c1-24-16-8-2-13(3-9-16)10-18(23)21-11-19-22-17(12-25-19)14-4-6-15(20)7-5-14/h2-9,12H,10-11H2,1H3,(H,21,23). The summed E-state index contributed by atoms with van der Waals surface area (Å²) in [5, 5.41) is 6.45. The summed E-state index contributed by atoms with van der Waals surface area (Å²) >= 11 is 7.43. The van der Waals surface area contributed by atoms with E-state index in [1.165, 1.54) is 11.3 Å². The normalized spacial score (nSPS) is 10.5. The molecule has 4 nitrogen and oxygen atoms in total. The first-order valence-corrected chi connectivity index (χ1v) is 9.00. The Hall–Kier alpha value is -2.37. The lowest BCUT2D eigenvalue weighted by atomic mass is 10.1. The highest BCUT2D eigenvalue weighted by atomic mass is 35.5. The zero-order chi connectivity index (χ0) is 17.6. The summed E-state index contributed by atoms with van der Waals surface area (Å²) in [5.41, 5.74) is 2.84. The number of carbonyl (C=O) groups is 1. The third kappa shape index (κ3) is 4.81. The van der Waals surface area contributed by atoms with E-state index in [-0.39, 0.29) is 5.91 Å². The number of aromatic nitrogens is 1. The molecule has 0 aliphatic carbocycles. The van der Waals surface area contributed by atoms with Gasteiger partial charge < -0.3 is 10.1 Å². The first-order chi connectivity index (χ1) is 12.1. The molecule has 0 unspecified atom stereocenters. The van der Waals surface area contributed by atoms with E-state index < -0.39 is 0 Å². The highest BCUT2D eigenvalue weighted by Crippen LogP contribution is 2.23. The van der Waals surface area contributed by atoms with Crippen LogP contribution in [-0.2, 0) is 17.8 Å². The number of benzene rings is 2. The van der Waals surface area contributed by atoms with E-state index in [2.05, 4.69) is 10.3 Å². The first kappa shape index (κ1) is 17.5. The second kappa shape index (κ2) is 8.14. The van der Waals surface area contributed by atoms with Crippen LogP contribution < -0.4 is 10.1 Å². The summed E-state index contributed by atoms with van der Waals surface area (Å²) in [6.07, 6.45) is 0.333. The lowest BCUT2D eigenvalue weighted by Crippen LogP contribution is -2.24. The first-order valence-electron chi connectivity index (χ1n) is 7.74. The number of thiazole rings is 1. The van der Waals surface area contributed by atoms with Crippen LogP contribution in [0.15, 0.2) is 53.9 Å². The highest BCUT2D eigenvalue weighted by molar-refractivity contribution is 7.09. The lowest BCUT2D eigenvalue weighted by molar-refractivity contribution is -0.120. The van der Waals surface area contributed by atoms with Crippen molar-refractivity contribution in [3.8, 4) is 17.0 Å². The van der Waals surface area contributed by atoms with Crippen molar-refractivity contribution in [2.45, 2.75) is 13.0 Å². The molecule has 128 valence electrons. The summed E-state index contributed by atoms with van der Waals surface area (Å²) < 4.78 is 5.11. The maximum atomic E-state index is 12.1. The van der Waals surface area contributed by atoms with Crippen molar-refractivity contribution < 1.29 is 9.53 Å². The third-order valence-electron chi connectivity index (χ3n) is 3.65. The predicted octanol–water partition coefficient (Wildman–Crippen LogP) is 4.33. The van der Waals surface area contributed by atoms with Gasteiger partial charge in [-0.2, -0.15) is 0 Å². The number of rotatable bonds is 6. The quantitative estimate of drug-likeness (QED) is 0.700. The number of nitrogens with one attached hydrogen (secondary N) is 1. The molecule has 0 fully saturated rings. The Balaban J connectivity index is 1.54. The highest BCUT2D eigenvalue weighted by Gasteiger charge is 2.07. The van der Waals surface area contributed by atoms with Gasteiger partial charge in [0.15, 0.2) is 0 Å². The van der Waals surface area contributed by atoms with Gasteiger partial charge in [-0.05, 0) is 29.8 Å². The topological polar surface area (TPSA) is 51.2 Å². The maximum absolute atomic E-state index is 12.1. The average Bonchev–Trinajstić information content (AvgIpc) is 3.10. The van der Waals surface area contributed by atoms with E-state index in [4.69, 9.17) is 16.3 Å². The van der Waals surface area contributed by atoms with E-state index >= 15 is 0 Å². The van der Waals surface area contributed by atoms with Crippen LogP contribution in [0.5, 0.6) is 5.75 Å². The molecule has 1 aromatic heterocycles. The number of hydrogen-bond acceptors (Lipinski definition) is 4. The molecule has 3 rings (SSSR count). The molecule has 0 saturated carbocycles. The van der Waals surface area contributed by atoms with Gasteiger partial charge >= 0.3 is 0 Å². The fourth-order valence-corrected chi connectivity index (χ4v) is 3.18. The Labute approximate surface area is 155 Å². The number of hydrogen-bond donors (Lipinski definition) is 1. The Morgan fingerprint density at radius 3 is 2.56 bits per heavy atom. The van der Waals surface area contributed by atoms with Crippen molar-refractivity contribution in [1.29, 1.82) is 0 Å². The van der Waals surface area contributed by atoms with Crippen molar-refractivity contribution in [3.05, 3.63) is 69.5 Å². The van der Waals surface area contributed by atoms with Gasteiger partial charge in [0.05, 0.1) is 25.8 Å². The van der Waals surface area contributed by atoms with Crippen molar-refractivity contribution >= 4 is 28.8 Å². The molecule has 25 heavy (non-hydrogen) atoms. The lowest BCUT2D eigenvalue weighted by Gasteiger charge is -2.04. The largest absolute Gasteiger partial charge is 0.497 e. The Morgan fingerprint density at radius 1 is 1.16 bits per heavy atom. The van der Waals surface area contributed by atoms with Crippen LogP contribution in [0, 0.1) is 0 Å². The van der Waals surface area contributed by atoms with Crippen molar-refractivity contribution in [2.24, 2.45) is 0 Å². The molecule has 1 N–H and O–H groups in total. The van der Waals surface area contributed by atoms with Crippen LogP contribution in [0.2, 0.25) is 5.02 Å². The predicted molar refractivity (Wildman–Crippen MR) is 101 cm³/mol. The molecule has 0 saturated heterocycles. The minimum atomic E-state index is -0.0339. The maximum Gasteiger partial charge on any atom is 0.224 e. The fraction of sp³-hybridized carbons (Fsp3) is 0.158. The van der Waals surface area contributed by atoms with E-state index in [1.807, 2.05) is 53.9 Å². The summed E-state index contributed by atoms with van der Waals surface area (Å²) in [7, 11) is 1.62. The molecule has 6 heteroatoms. The summed E-state index contributed by atoms with van der Waals surface area (Å²) in [6.45, 7) is 0.424. The Kier molecular flexibility index (Phi) is 5.68. The SMILES string of the molecule is COc1ccc(CC(=O)NCc2nc(-c3ccc(Cl)cc3)cs2)cc1. The van der Waals surface area contributed by atoms with Crippen LogP contribution in [0.3, 0.4) is 0 Å². The van der Waals surface area contributed by atoms with Crippen molar-refractivity contribution in [3.63, 3.8) is 0 Å². The van der Waals surface area contributed by atoms with E-state index in [0.29, 0.717) is 18.0 Å². The average molecular weight is 373 g/mol. The van der Waals surface area contributed by atoms with E-state index in [0.717, 1.165) is 27.6 Å². The zero-order valence-corrected chi connectivity index (χ0v) is 15.2. The number of nitrogens with zero attached hydrogens (tertiary/aromatic N) is 1. The van der Waals surface area contributed by atoms with Crippen molar-refractivity contribution in [2.75, 3.05) is 7.11 Å². The van der Waals surface area contributed by atoms with E-state index in [9.17, 15) is 4.79 Å². The monoisotopic (exact) mass is 372 g/mol. The molecule has 0 bridgehead atoms. The Bertz CT molecular complexity index is 845. The number of methoxy groups -OCH3 is 1. The van der Waals surface area contributed by atoms with Crippen molar-refractivity contribution in [1.82, 2.24) is 10.3 Å².